The van der Waals surface area contributed by atoms with Crippen LogP contribution in [0.15, 0.2) is 142 Å². The highest BCUT2D eigenvalue weighted by Gasteiger charge is 2.14. The number of hydrogen-bond donors (Lipinski definition) is 1. The molecule has 0 saturated carbocycles. The van der Waals surface area contributed by atoms with Gasteiger partial charge in [-0.3, -0.25) is 34.1 Å². The molecule has 302 valence electrons. The van der Waals surface area contributed by atoms with Crippen molar-refractivity contribution in [2.24, 2.45) is 7.05 Å². The Hall–Kier alpha value is -7.16. The molecule has 0 amide bonds. The molecule has 0 saturated heterocycles. The van der Waals surface area contributed by atoms with Gasteiger partial charge in [0.2, 0.25) is 0 Å². The first-order chi connectivity index (χ1) is 29.9. The minimum Gasteiger partial charge on any atom is -0.494 e. The smallest absolute Gasteiger partial charge is 0.261 e. The lowest BCUT2D eigenvalue weighted by Crippen LogP contribution is -2.20. The number of benzene rings is 2. The highest BCUT2D eigenvalue weighted by Crippen LogP contribution is 2.27. The van der Waals surface area contributed by atoms with E-state index in [0.717, 1.165) is 45.9 Å². The molecule has 14 heteroatoms. The topological polar surface area (TPSA) is 151 Å². The average Bonchev–Trinajstić information content (AvgIpc) is 3.98. The molecule has 8 aromatic heterocycles. The van der Waals surface area contributed by atoms with Crippen LogP contribution in [0.25, 0.3) is 65.0 Å². The molecule has 0 radical (unpaired) electrons. The highest BCUT2D eigenvalue weighted by atomic mass is 32.1. The van der Waals surface area contributed by atoms with Crippen molar-refractivity contribution < 1.29 is 9.47 Å². The molecule has 0 aliphatic carbocycles. The van der Waals surface area contributed by atoms with Gasteiger partial charge in [0.15, 0.2) is 11.6 Å². The second-order valence-electron chi connectivity index (χ2n) is 14.2. The largest absolute Gasteiger partial charge is 0.494 e. The van der Waals surface area contributed by atoms with Gasteiger partial charge >= 0.3 is 0 Å². The Labute approximate surface area is 357 Å². The molecule has 12 nitrogen and oxygen atoms in total. The van der Waals surface area contributed by atoms with Gasteiger partial charge in [0, 0.05) is 64.4 Å². The number of H-pyrrole nitrogens is 1. The van der Waals surface area contributed by atoms with Gasteiger partial charge in [-0.05, 0) is 132 Å². The lowest BCUT2D eigenvalue weighted by atomic mass is 10.1. The molecule has 0 aliphatic rings. The van der Waals surface area contributed by atoms with Crippen LogP contribution in [-0.4, -0.2) is 52.7 Å². The summed E-state index contributed by atoms with van der Waals surface area (Å²) >= 11 is 3.28. The van der Waals surface area contributed by atoms with E-state index in [0.29, 0.717) is 69.6 Å². The van der Waals surface area contributed by atoms with Crippen molar-refractivity contribution in [1.82, 2.24) is 39.5 Å². The fraction of sp³-hybridized carbons (Fsp3) is 0.149. The van der Waals surface area contributed by atoms with Crippen molar-refractivity contribution in [2.75, 3.05) is 13.2 Å². The Kier molecular flexibility index (Phi) is 11.6. The van der Waals surface area contributed by atoms with Crippen LogP contribution in [0, 0.1) is 0 Å². The number of aromatic amines is 1. The summed E-state index contributed by atoms with van der Waals surface area (Å²) in [5.74, 6) is 2.36. The first kappa shape index (κ1) is 39.3. The van der Waals surface area contributed by atoms with Crippen LogP contribution >= 0.6 is 22.7 Å². The summed E-state index contributed by atoms with van der Waals surface area (Å²) in [7, 11) is 1.73. The highest BCUT2D eigenvalue weighted by molar-refractivity contribution is 7.17. The monoisotopic (exact) mass is 842 g/mol. The second-order valence-corrected chi connectivity index (χ2v) is 16.1. The second kappa shape index (κ2) is 18.0. The summed E-state index contributed by atoms with van der Waals surface area (Å²) in [6.45, 7) is 1.15. The van der Waals surface area contributed by atoms with Gasteiger partial charge in [-0.1, -0.05) is 0 Å². The van der Waals surface area contributed by atoms with Gasteiger partial charge in [0.25, 0.3) is 11.1 Å². The number of aryl methyl sites for hydroxylation is 2. The maximum absolute atomic E-state index is 13.0. The molecular formula is C47H38N8O4S2. The summed E-state index contributed by atoms with van der Waals surface area (Å²) in [6.07, 6.45) is 14.4. The van der Waals surface area contributed by atoms with Crippen LogP contribution < -0.4 is 20.6 Å². The van der Waals surface area contributed by atoms with Crippen LogP contribution in [0.3, 0.4) is 0 Å². The first-order valence-corrected chi connectivity index (χ1v) is 21.5. The summed E-state index contributed by atoms with van der Waals surface area (Å²) < 4.78 is 15.5. The Morgan fingerprint density at radius 3 is 1.77 bits per heavy atom. The van der Waals surface area contributed by atoms with Gasteiger partial charge in [-0.2, -0.15) is 0 Å². The Bertz CT molecular complexity index is 3240. The van der Waals surface area contributed by atoms with E-state index in [1.165, 1.54) is 11.1 Å². The fourth-order valence-corrected chi connectivity index (χ4v) is 8.49. The predicted octanol–water partition coefficient (Wildman–Crippen LogP) is 9.22. The number of hydrogen-bond acceptors (Lipinski definition) is 12. The number of thiophene rings is 2. The van der Waals surface area contributed by atoms with Gasteiger partial charge in [0.1, 0.15) is 22.9 Å². The maximum Gasteiger partial charge on any atom is 0.261 e. The summed E-state index contributed by atoms with van der Waals surface area (Å²) in [5, 5.41) is 7.26. The molecule has 0 unspecified atom stereocenters. The Morgan fingerprint density at radius 1 is 0.623 bits per heavy atom. The summed E-state index contributed by atoms with van der Waals surface area (Å²) in [4.78, 5) is 54.9. The van der Waals surface area contributed by atoms with Crippen LogP contribution in [0.1, 0.15) is 24.0 Å². The Balaban J connectivity index is 0.000000156. The quantitative estimate of drug-likeness (QED) is 0.118. The van der Waals surface area contributed by atoms with Gasteiger partial charge in [0.05, 0.1) is 35.0 Å². The maximum atomic E-state index is 13.0. The number of fused-ring (bicyclic) bond motifs is 4. The van der Waals surface area contributed by atoms with E-state index in [2.05, 4.69) is 29.9 Å². The Morgan fingerprint density at radius 2 is 1.16 bits per heavy atom. The molecular weight excluding hydrogens is 805 g/mol. The molecule has 10 rings (SSSR count). The van der Waals surface area contributed by atoms with Crippen molar-refractivity contribution in [3.63, 3.8) is 0 Å². The number of aromatic nitrogens is 8. The van der Waals surface area contributed by atoms with E-state index < -0.39 is 0 Å². The molecule has 0 bridgehead atoms. The van der Waals surface area contributed by atoms with Gasteiger partial charge in [-0.25, -0.2) is 9.97 Å². The molecule has 8 heterocycles. The minimum atomic E-state index is -0.203. The predicted molar refractivity (Wildman–Crippen MR) is 243 cm³/mol. The van der Waals surface area contributed by atoms with Gasteiger partial charge in [-0.15, -0.1) is 22.7 Å². The molecule has 0 aliphatic heterocycles. The van der Waals surface area contributed by atoms with Crippen LogP contribution in [0.2, 0.25) is 0 Å². The lowest BCUT2D eigenvalue weighted by Gasteiger charge is -2.11. The van der Waals surface area contributed by atoms with Crippen molar-refractivity contribution in [2.45, 2.75) is 25.7 Å². The minimum absolute atomic E-state index is 0.115. The fourth-order valence-electron chi connectivity index (χ4n) is 6.89. The summed E-state index contributed by atoms with van der Waals surface area (Å²) in [6, 6.07) is 26.9. The van der Waals surface area contributed by atoms with Gasteiger partial charge < -0.3 is 14.5 Å². The number of nitrogens with one attached hydrogen (secondary N) is 1. The normalized spacial score (nSPS) is 11.2. The zero-order chi connectivity index (χ0) is 41.5. The number of rotatable bonds is 12. The van der Waals surface area contributed by atoms with E-state index in [1.54, 1.807) is 77.4 Å². The van der Waals surface area contributed by atoms with E-state index in [4.69, 9.17) is 14.5 Å². The third-order valence-electron chi connectivity index (χ3n) is 10.1. The van der Waals surface area contributed by atoms with Crippen LogP contribution in [0.5, 0.6) is 11.5 Å². The lowest BCUT2D eigenvalue weighted by molar-refractivity contribution is 0.311. The molecule has 1 N–H and O–H groups in total. The molecule has 0 spiro atoms. The number of nitrogens with zero attached hydrogens (tertiary/aromatic N) is 7. The molecule has 2 aromatic carbocycles. The van der Waals surface area contributed by atoms with Crippen LogP contribution in [0.4, 0.5) is 0 Å². The molecule has 0 atom stereocenters. The van der Waals surface area contributed by atoms with Crippen molar-refractivity contribution >= 4 is 64.7 Å². The van der Waals surface area contributed by atoms with E-state index in [-0.39, 0.29) is 11.1 Å². The van der Waals surface area contributed by atoms with E-state index in [1.807, 2.05) is 89.8 Å². The third kappa shape index (κ3) is 9.05. The molecule has 0 fully saturated rings. The first-order valence-electron chi connectivity index (χ1n) is 19.7. The zero-order valence-corrected chi connectivity index (χ0v) is 34.7. The van der Waals surface area contributed by atoms with Crippen molar-refractivity contribution in [1.29, 1.82) is 0 Å². The number of pyridine rings is 4. The summed E-state index contributed by atoms with van der Waals surface area (Å²) in [5.41, 5.74) is 4.74. The zero-order valence-electron chi connectivity index (χ0n) is 33.0. The van der Waals surface area contributed by atoms with Crippen molar-refractivity contribution in [3.05, 3.63) is 165 Å². The third-order valence-corrected chi connectivity index (χ3v) is 11.9. The van der Waals surface area contributed by atoms with E-state index in [9.17, 15) is 9.59 Å². The molecule has 61 heavy (non-hydrogen) atoms. The average molecular weight is 843 g/mol. The SMILES string of the molecule is Cn1c(-c2cc3sccc3cn2)nc2ccc(OCCCc3ccncc3)cc2c1=O.O=c1[nH]c(-c2cc3sccc3cn2)nc2ccc(OCCCc3ccncc3)cc12. The number of ether oxygens (including phenoxy) is 2. The molecule has 10 aromatic rings. The van der Waals surface area contributed by atoms with E-state index >= 15 is 0 Å². The van der Waals surface area contributed by atoms with Crippen molar-refractivity contribution in [3.8, 4) is 34.5 Å². The standard InChI is InChI=1S/C24H20N4O2S.C23H18N4O2S/c1-28-23(21-14-22-17(15-26-21)8-12-31-22)27-20-5-4-18(13-19(20)24(28)29)30-11-2-3-16-6-9-25-10-7-16;28-23-18-12-17(29-10-1-2-15-5-8-24-9-6-15)3-4-19(18)26-22(27-23)20-13-21-16(14-25-20)7-11-30-21/h4-10,12-15H,2-3,11H2,1H3;3-9,11-14H,1-2,10H2,(H,26,27,28). The van der Waals surface area contributed by atoms with Crippen LogP contribution in [-0.2, 0) is 19.9 Å².